The van der Waals surface area contributed by atoms with E-state index in [9.17, 15) is 4.79 Å². The molecule has 1 saturated heterocycles. The molecule has 3 heterocycles. The van der Waals surface area contributed by atoms with Crippen LogP contribution in [0.2, 0.25) is 0 Å². The Morgan fingerprint density at radius 1 is 1.28 bits per heavy atom. The highest BCUT2D eigenvalue weighted by Gasteiger charge is 2.23. The number of likely N-dealkylation sites (tertiary alicyclic amines) is 1. The summed E-state index contributed by atoms with van der Waals surface area (Å²) in [6.07, 6.45) is 2.93. The molecule has 158 valence electrons. The molecule has 0 spiro atoms. The molecular weight excluding hydrogens is 400 g/mol. The van der Waals surface area contributed by atoms with Crippen LogP contribution in [0.5, 0.6) is 11.5 Å². The average molecular weight is 425 g/mol. The second-order valence-electron chi connectivity index (χ2n) is 7.25. The number of benzene rings is 1. The zero-order chi connectivity index (χ0) is 19.5. The van der Waals surface area contributed by atoms with Crippen LogP contribution < -0.4 is 9.47 Å². The Bertz CT molecular complexity index is 846. The molecule has 1 fully saturated rings. The van der Waals surface area contributed by atoms with Crippen LogP contribution in [0.4, 0.5) is 0 Å². The smallest absolute Gasteiger partial charge is 0.317 e. The molecule has 0 aliphatic carbocycles. The Labute approximate surface area is 175 Å². The lowest BCUT2D eigenvalue weighted by atomic mass is 10.1. The second-order valence-corrected chi connectivity index (χ2v) is 7.25. The lowest BCUT2D eigenvalue weighted by molar-refractivity contribution is -0.138. The molecule has 0 bridgehead atoms. The van der Waals surface area contributed by atoms with E-state index < -0.39 is 5.97 Å². The minimum absolute atomic E-state index is 0. The molecule has 0 radical (unpaired) electrons. The third-order valence-electron chi connectivity index (χ3n) is 5.26. The number of ether oxygens (including phenoxy) is 2. The zero-order valence-electron chi connectivity index (χ0n) is 16.2. The number of carboxylic acids is 1. The van der Waals surface area contributed by atoms with E-state index in [0.29, 0.717) is 24.0 Å². The van der Waals surface area contributed by atoms with Gasteiger partial charge in [0, 0.05) is 18.2 Å². The molecule has 29 heavy (non-hydrogen) atoms. The average Bonchev–Trinajstić information content (AvgIpc) is 3.25. The highest BCUT2D eigenvalue weighted by Crippen LogP contribution is 2.35. The quantitative estimate of drug-likeness (QED) is 0.747. The van der Waals surface area contributed by atoms with Crippen LogP contribution in [0, 0.1) is 0 Å². The molecule has 1 aromatic heterocycles. The Kier molecular flexibility index (Phi) is 6.94. The van der Waals surface area contributed by atoms with Crippen molar-refractivity contribution in [2.24, 2.45) is 0 Å². The number of fused-ring (bicyclic) bond motifs is 1. The molecule has 0 amide bonds. The number of hydrogen-bond acceptors (Lipinski definition) is 8. The molecule has 2 aliphatic rings. The highest BCUT2D eigenvalue weighted by atomic mass is 35.5. The van der Waals surface area contributed by atoms with Crippen LogP contribution in [0.3, 0.4) is 0 Å². The summed E-state index contributed by atoms with van der Waals surface area (Å²) in [4.78, 5) is 19.7. The van der Waals surface area contributed by atoms with E-state index in [4.69, 9.17) is 19.1 Å². The van der Waals surface area contributed by atoms with Crippen LogP contribution in [-0.2, 0) is 11.3 Å². The first kappa shape index (κ1) is 21.4. The predicted molar refractivity (Wildman–Crippen MR) is 106 cm³/mol. The number of aliphatic carboxylic acids is 1. The van der Waals surface area contributed by atoms with Crippen LogP contribution in [0.1, 0.15) is 25.2 Å². The number of nitrogens with zero attached hydrogens (tertiary/aromatic N) is 4. The third kappa shape index (κ3) is 5.17. The zero-order valence-corrected chi connectivity index (χ0v) is 17.1. The first-order valence-electron chi connectivity index (χ1n) is 9.45. The molecule has 1 N–H and O–H groups in total. The van der Waals surface area contributed by atoms with E-state index >= 15 is 0 Å². The number of likely N-dealkylation sites (N-methyl/N-ethyl adjacent to an activating group) is 1. The Hall–Kier alpha value is -2.36. The Morgan fingerprint density at radius 2 is 2.10 bits per heavy atom. The highest BCUT2D eigenvalue weighted by molar-refractivity contribution is 5.85. The van der Waals surface area contributed by atoms with E-state index in [-0.39, 0.29) is 31.8 Å². The van der Waals surface area contributed by atoms with Gasteiger partial charge in [0.2, 0.25) is 18.5 Å². The van der Waals surface area contributed by atoms with Gasteiger partial charge in [-0.25, -0.2) is 0 Å². The van der Waals surface area contributed by atoms with Crippen molar-refractivity contribution >= 4 is 18.4 Å². The van der Waals surface area contributed by atoms with Crippen molar-refractivity contribution in [2.45, 2.75) is 31.8 Å². The lowest BCUT2D eigenvalue weighted by Crippen LogP contribution is -2.36. The monoisotopic (exact) mass is 424 g/mol. The van der Waals surface area contributed by atoms with E-state index in [1.54, 1.807) is 0 Å². The fourth-order valence-electron chi connectivity index (χ4n) is 3.74. The summed E-state index contributed by atoms with van der Waals surface area (Å²) >= 11 is 0. The summed E-state index contributed by atoms with van der Waals surface area (Å²) < 4.78 is 16.2. The summed E-state index contributed by atoms with van der Waals surface area (Å²) in [5, 5.41) is 13.1. The minimum Gasteiger partial charge on any atom is -0.480 e. The largest absolute Gasteiger partial charge is 0.480 e. The number of halogens is 1. The Balaban J connectivity index is 0.00000240. The van der Waals surface area contributed by atoms with Crippen molar-refractivity contribution < 1.29 is 23.9 Å². The lowest BCUT2D eigenvalue weighted by Gasteiger charge is -2.25. The molecule has 1 unspecified atom stereocenters. The number of rotatable bonds is 6. The van der Waals surface area contributed by atoms with Crippen molar-refractivity contribution in [3.8, 4) is 22.9 Å². The van der Waals surface area contributed by atoms with Gasteiger partial charge in [-0.1, -0.05) is 5.16 Å². The summed E-state index contributed by atoms with van der Waals surface area (Å²) in [7, 11) is 1.88. The van der Waals surface area contributed by atoms with Crippen molar-refractivity contribution in [1.82, 2.24) is 19.9 Å². The number of hydrogen-bond donors (Lipinski definition) is 1. The maximum Gasteiger partial charge on any atom is 0.317 e. The van der Waals surface area contributed by atoms with E-state index in [0.717, 1.165) is 43.7 Å². The second kappa shape index (κ2) is 9.43. The molecule has 0 saturated carbocycles. The van der Waals surface area contributed by atoms with Gasteiger partial charge < -0.3 is 19.1 Å². The van der Waals surface area contributed by atoms with Gasteiger partial charge in [0.1, 0.15) is 0 Å². The van der Waals surface area contributed by atoms with Crippen LogP contribution in [0.15, 0.2) is 22.7 Å². The summed E-state index contributed by atoms with van der Waals surface area (Å²) in [6, 6.07) is 5.87. The van der Waals surface area contributed by atoms with Gasteiger partial charge in [0.25, 0.3) is 0 Å². The summed E-state index contributed by atoms with van der Waals surface area (Å²) in [5.74, 6) is 1.73. The molecule has 10 heteroatoms. The SMILES string of the molecule is CN(CC(=O)O)C1CCCN(Cc2nc(-c3ccc4c(c3)OCO4)no2)CC1.Cl. The van der Waals surface area contributed by atoms with Gasteiger partial charge in [0.15, 0.2) is 11.5 Å². The molecule has 2 aliphatic heterocycles. The van der Waals surface area contributed by atoms with Crippen molar-refractivity contribution in [3.63, 3.8) is 0 Å². The van der Waals surface area contributed by atoms with E-state index in [1.165, 1.54) is 0 Å². The normalized spacial score (nSPS) is 19.0. The maximum absolute atomic E-state index is 10.9. The number of carbonyl (C=O) groups is 1. The van der Waals surface area contributed by atoms with Gasteiger partial charge >= 0.3 is 5.97 Å². The Morgan fingerprint density at radius 3 is 2.93 bits per heavy atom. The fourth-order valence-corrected chi connectivity index (χ4v) is 3.74. The van der Waals surface area contributed by atoms with Gasteiger partial charge in [-0.3, -0.25) is 14.6 Å². The van der Waals surface area contributed by atoms with E-state index in [1.807, 2.05) is 30.1 Å². The van der Waals surface area contributed by atoms with Gasteiger partial charge in [0.05, 0.1) is 13.1 Å². The fraction of sp³-hybridized carbons (Fsp3) is 0.526. The summed E-state index contributed by atoms with van der Waals surface area (Å²) in [5.41, 5.74) is 0.825. The van der Waals surface area contributed by atoms with Crippen LogP contribution in [0.25, 0.3) is 11.4 Å². The first-order chi connectivity index (χ1) is 13.6. The molecule has 2 aromatic rings. The van der Waals surface area contributed by atoms with Crippen LogP contribution >= 0.6 is 12.4 Å². The molecular formula is C19H25ClN4O5. The molecule has 9 nitrogen and oxygen atoms in total. The van der Waals surface area contributed by atoms with Crippen molar-refractivity contribution in [2.75, 3.05) is 33.5 Å². The van der Waals surface area contributed by atoms with Crippen molar-refractivity contribution in [3.05, 3.63) is 24.1 Å². The molecule has 4 rings (SSSR count). The summed E-state index contributed by atoms with van der Waals surface area (Å²) in [6.45, 7) is 2.70. The first-order valence-corrected chi connectivity index (χ1v) is 9.45. The molecule has 1 aromatic carbocycles. The van der Waals surface area contributed by atoms with Gasteiger partial charge in [-0.15, -0.1) is 12.4 Å². The minimum atomic E-state index is -0.787. The number of aromatic nitrogens is 2. The molecule has 1 atom stereocenters. The van der Waals surface area contributed by atoms with E-state index in [2.05, 4.69) is 15.0 Å². The standard InChI is InChI=1S/C19H24N4O5.ClH/c1-22(11-18(24)25)14-3-2-7-23(8-6-14)10-17-20-19(21-28-17)13-4-5-15-16(9-13)27-12-26-15;/h4-5,9,14H,2-3,6-8,10-12H2,1H3,(H,24,25);1H. The van der Waals surface area contributed by atoms with Crippen LogP contribution in [-0.4, -0.2) is 70.5 Å². The number of carboxylic acid groups (broad SMARTS) is 1. The maximum atomic E-state index is 10.9. The van der Waals surface area contributed by atoms with Crippen molar-refractivity contribution in [1.29, 1.82) is 0 Å². The van der Waals surface area contributed by atoms with Gasteiger partial charge in [-0.05, 0) is 51.1 Å². The van der Waals surface area contributed by atoms with Gasteiger partial charge in [-0.2, -0.15) is 4.98 Å². The third-order valence-corrected chi connectivity index (χ3v) is 5.26. The topological polar surface area (TPSA) is 101 Å². The predicted octanol–water partition coefficient (Wildman–Crippen LogP) is 2.26.